The van der Waals surface area contributed by atoms with Gasteiger partial charge in [0.25, 0.3) is 0 Å². The second kappa shape index (κ2) is 6.62. The maximum atomic E-state index is 12.7. The highest BCUT2D eigenvalue weighted by molar-refractivity contribution is 7.89. The first-order valence-corrected chi connectivity index (χ1v) is 9.58. The molecule has 2 saturated heterocycles. The third-order valence-corrected chi connectivity index (χ3v) is 6.34. The molecule has 1 amide bonds. The largest absolute Gasteiger partial charge is 0.342 e. The normalized spacial score (nSPS) is 28.0. The first-order chi connectivity index (χ1) is 9.92. The van der Waals surface area contributed by atoms with E-state index in [9.17, 15) is 13.2 Å². The Balaban J connectivity index is 1.90. The standard InChI is InChI=1S/C14H27N3O3S/c1-3-14(7-8-15-11-14)13(18)17-9-5-12(6-10-17)16-21(19,20)4-2/h12,15-16H,3-11H2,1-2H3. The minimum Gasteiger partial charge on any atom is -0.342 e. The number of nitrogens with zero attached hydrogens (tertiary/aromatic N) is 1. The summed E-state index contributed by atoms with van der Waals surface area (Å²) in [6.45, 7) is 6.69. The maximum absolute atomic E-state index is 12.7. The van der Waals surface area contributed by atoms with Crippen molar-refractivity contribution in [3.05, 3.63) is 0 Å². The fourth-order valence-corrected chi connectivity index (χ4v) is 4.16. The Bertz CT molecular complexity index is 464. The molecule has 0 radical (unpaired) electrons. The number of hydrogen-bond acceptors (Lipinski definition) is 4. The Morgan fingerprint density at radius 3 is 2.48 bits per heavy atom. The summed E-state index contributed by atoms with van der Waals surface area (Å²) in [4.78, 5) is 14.7. The Kier molecular flexibility index (Phi) is 5.27. The average molecular weight is 317 g/mol. The van der Waals surface area contributed by atoms with Crippen molar-refractivity contribution in [1.82, 2.24) is 14.9 Å². The van der Waals surface area contributed by atoms with Gasteiger partial charge < -0.3 is 10.2 Å². The quantitative estimate of drug-likeness (QED) is 0.765. The van der Waals surface area contributed by atoms with Crippen LogP contribution in [-0.2, 0) is 14.8 Å². The second-order valence-corrected chi connectivity index (χ2v) is 8.19. The van der Waals surface area contributed by atoms with Crippen molar-refractivity contribution >= 4 is 15.9 Å². The van der Waals surface area contributed by atoms with Crippen LogP contribution in [0.1, 0.15) is 39.5 Å². The van der Waals surface area contributed by atoms with E-state index in [-0.39, 0.29) is 23.1 Å². The van der Waals surface area contributed by atoms with E-state index in [1.165, 1.54) is 0 Å². The highest BCUT2D eigenvalue weighted by atomic mass is 32.2. The van der Waals surface area contributed by atoms with E-state index in [0.717, 1.165) is 25.9 Å². The smallest absolute Gasteiger partial charge is 0.230 e. The Hall–Kier alpha value is -0.660. The fraction of sp³-hybridized carbons (Fsp3) is 0.929. The van der Waals surface area contributed by atoms with Gasteiger partial charge in [0.2, 0.25) is 15.9 Å². The van der Waals surface area contributed by atoms with Crippen molar-refractivity contribution in [2.45, 2.75) is 45.6 Å². The predicted octanol–water partition coefficient (Wildman–Crippen LogP) is 0.306. The lowest BCUT2D eigenvalue weighted by atomic mass is 9.82. The molecule has 2 aliphatic heterocycles. The number of amides is 1. The number of piperidine rings is 1. The molecule has 0 bridgehead atoms. The highest BCUT2D eigenvalue weighted by Crippen LogP contribution is 2.32. The van der Waals surface area contributed by atoms with Crippen LogP contribution in [0.25, 0.3) is 0 Å². The van der Waals surface area contributed by atoms with Gasteiger partial charge in [-0.15, -0.1) is 0 Å². The fourth-order valence-electron chi connectivity index (χ4n) is 3.25. The number of carbonyl (C=O) groups excluding carboxylic acids is 1. The van der Waals surface area contributed by atoms with Crippen molar-refractivity contribution in [2.75, 3.05) is 31.9 Å². The Labute approximate surface area is 127 Å². The summed E-state index contributed by atoms with van der Waals surface area (Å²) in [7, 11) is -3.15. The van der Waals surface area contributed by atoms with E-state index in [0.29, 0.717) is 25.9 Å². The van der Waals surface area contributed by atoms with Gasteiger partial charge >= 0.3 is 0 Å². The summed E-state index contributed by atoms with van der Waals surface area (Å²) in [6, 6.07) is -0.0294. The first kappa shape index (κ1) is 16.7. The molecule has 7 heteroatoms. The van der Waals surface area contributed by atoms with Gasteiger partial charge in [0.15, 0.2) is 0 Å². The van der Waals surface area contributed by atoms with Gasteiger partial charge in [-0.2, -0.15) is 0 Å². The molecular formula is C14H27N3O3S. The molecule has 21 heavy (non-hydrogen) atoms. The van der Waals surface area contributed by atoms with Gasteiger partial charge in [0, 0.05) is 25.7 Å². The Morgan fingerprint density at radius 2 is 2.00 bits per heavy atom. The van der Waals surface area contributed by atoms with Crippen LogP contribution in [0.3, 0.4) is 0 Å². The molecule has 122 valence electrons. The van der Waals surface area contributed by atoms with Gasteiger partial charge in [0.05, 0.1) is 11.2 Å². The molecule has 0 aliphatic carbocycles. The third-order valence-electron chi connectivity index (χ3n) is 4.88. The SMILES string of the molecule is CCC1(C(=O)N2CCC(NS(=O)(=O)CC)CC2)CCNC1. The molecule has 6 nitrogen and oxygen atoms in total. The molecule has 2 heterocycles. The van der Waals surface area contributed by atoms with Gasteiger partial charge in [0.1, 0.15) is 0 Å². The maximum Gasteiger partial charge on any atom is 0.230 e. The van der Waals surface area contributed by atoms with Crippen LogP contribution >= 0.6 is 0 Å². The molecule has 2 fully saturated rings. The third kappa shape index (κ3) is 3.76. The second-order valence-electron chi connectivity index (χ2n) is 6.15. The molecule has 0 saturated carbocycles. The zero-order chi connectivity index (χ0) is 15.5. The van der Waals surface area contributed by atoms with Crippen LogP contribution < -0.4 is 10.0 Å². The van der Waals surface area contributed by atoms with Crippen LogP contribution in [0.5, 0.6) is 0 Å². The van der Waals surface area contributed by atoms with Gasteiger partial charge in [-0.3, -0.25) is 4.79 Å². The van der Waals surface area contributed by atoms with Crippen molar-refractivity contribution in [2.24, 2.45) is 5.41 Å². The molecule has 1 unspecified atom stereocenters. The van der Waals surface area contributed by atoms with Gasteiger partial charge in [-0.05, 0) is 39.2 Å². The topological polar surface area (TPSA) is 78.5 Å². The molecule has 0 aromatic heterocycles. The van der Waals surface area contributed by atoms with E-state index in [1.807, 2.05) is 4.90 Å². The molecular weight excluding hydrogens is 290 g/mol. The number of likely N-dealkylation sites (tertiary alicyclic amines) is 1. The van der Waals surface area contributed by atoms with E-state index in [2.05, 4.69) is 17.0 Å². The number of rotatable bonds is 5. The molecule has 2 N–H and O–H groups in total. The zero-order valence-corrected chi connectivity index (χ0v) is 13.8. The van der Waals surface area contributed by atoms with Crippen molar-refractivity contribution < 1.29 is 13.2 Å². The summed E-state index contributed by atoms with van der Waals surface area (Å²) >= 11 is 0. The van der Waals surface area contributed by atoms with Crippen LogP contribution in [0.2, 0.25) is 0 Å². The number of nitrogens with one attached hydrogen (secondary N) is 2. The summed E-state index contributed by atoms with van der Waals surface area (Å²) < 4.78 is 25.9. The van der Waals surface area contributed by atoms with Crippen molar-refractivity contribution in [3.8, 4) is 0 Å². The molecule has 2 rings (SSSR count). The minimum atomic E-state index is -3.15. The molecule has 0 aromatic rings. The highest BCUT2D eigenvalue weighted by Gasteiger charge is 2.42. The molecule has 0 aromatic carbocycles. The van der Waals surface area contributed by atoms with Crippen LogP contribution in [-0.4, -0.2) is 57.2 Å². The lowest BCUT2D eigenvalue weighted by Gasteiger charge is -2.37. The first-order valence-electron chi connectivity index (χ1n) is 7.92. The number of carbonyl (C=O) groups is 1. The van der Waals surface area contributed by atoms with E-state index in [4.69, 9.17) is 0 Å². The predicted molar refractivity (Wildman–Crippen MR) is 82.4 cm³/mol. The molecule has 0 spiro atoms. The van der Waals surface area contributed by atoms with Crippen LogP contribution in [0, 0.1) is 5.41 Å². The van der Waals surface area contributed by atoms with Gasteiger partial charge in [-0.1, -0.05) is 6.92 Å². The van der Waals surface area contributed by atoms with Crippen LogP contribution in [0.4, 0.5) is 0 Å². The number of sulfonamides is 1. The summed E-state index contributed by atoms with van der Waals surface area (Å²) in [5.41, 5.74) is -0.240. The van der Waals surface area contributed by atoms with Gasteiger partial charge in [-0.25, -0.2) is 13.1 Å². The molecule has 2 aliphatic rings. The minimum absolute atomic E-state index is 0.0294. The summed E-state index contributed by atoms with van der Waals surface area (Å²) in [5.74, 6) is 0.350. The van der Waals surface area contributed by atoms with E-state index in [1.54, 1.807) is 6.92 Å². The van der Waals surface area contributed by atoms with Crippen LogP contribution in [0.15, 0.2) is 0 Å². The molecule has 1 atom stereocenters. The monoisotopic (exact) mass is 317 g/mol. The van der Waals surface area contributed by atoms with E-state index >= 15 is 0 Å². The van der Waals surface area contributed by atoms with Crippen molar-refractivity contribution in [3.63, 3.8) is 0 Å². The summed E-state index contributed by atoms with van der Waals surface area (Å²) in [5, 5.41) is 3.29. The van der Waals surface area contributed by atoms with E-state index < -0.39 is 10.0 Å². The summed E-state index contributed by atoms with van der Waals surface area (Å²) in [6.07, 6.45) is 3.18. The lowest BCUT2D eigenvalue weighted by Crippen LogP contribution is -2.51. The van der Waals surface area contributed by atoms with Crippen molar-refractivity contribution in [1.29, 1.82) is 0 Å². The lowest BCUT2D eigenvalue weighted by molar-refractivity contribution is -0.142. The Morgan fingerprint density at radius 1 is 1.33 bits per heavy atom. The zero-order valence-electron chi connectivity index (χ0n) is 13.0. The number of hydrogen-bond donors (Lipinski definition) is 2. The average Bonchev–Trinajstić information content (AvgIpc) is 2.97.